The van der Waals surface area contributed by atoms with Crippen molar-refractivity contribution in [2.45, 2.75) is 25.8 Å². The summed E-state index contributed by atoms with van der Waals surface area (Å²) in [5.41, 5.74) is 2.75. The van der Waals surface area contributed by atoms with E-state index >= 15 is 0 Å². The van der Waals surface area contributed by atoms with Crippen LogP contribution in [0.2, 0.25) is 0 Å². The molecule has 1 aliphatic rings. The highest BCUT2D eigenvalue weighted by Gasteiger charge is 2.32. The van der Waals surface area contributed by atoms with Crippen molar-refractivity contribution < 1.29 is 9.53 Å². The Balaban J connectivity index is 1.98. The summed E-state index contributed by atoms with van der Waals surface area (Å²) < 4.78 is 5.46. The van der Waals surface area contributed by atoms with Crippen LogP contribution in [-0.2, 0) is 0 Å². The minimum atomic E-state index is 0.116. The molecule has 0 N–H and O–H groups in total. The zero-order valence-corrected chi connectivity index (χ0v) is 13.1. The summed E-state index contributed by atoms with van der Waals surface area (Å²) in [5.74, 6) is 0.905. The fourth-order valence-corrected chi connectivity index (χ4v) is 2.80. The first-order valence-corrected chi connectivity index (χ1v) is 7.79. The Bertz CT molecular complexity index is 662. The highest BCUT2D eigenvalue weighted by molar-refractivity contribution is 5.96. The Kier molecular flexibility index (Phi) is 4.14. The molecule has 0 saturated heterocycles. The molecule has 3 rings (SSSR count). The molecular formula is C19H21NO2. The second-order valence-electron chi connectivity index (χ2n) is 5.60. The first-order chi connectivity index (χ1) is 10.7. The zero-order chi connectivity index (χ0) is 15.5. The molecule has 1 amide bonds. The van der Waals surface area contributed by atoms with Crippen LogP contribution in [0, 0.1) is 0 Å². The zero-order valence-electron chi connectivity index (χ0n) is 13.1. The van der Waals surface area contributed by atoms with E-state index in [9.17, 15) is 4.79 Å². The quantitative estimate of drug-likeness (QED) is 0.835. The predicted octanol–water partition coefficient (Wildman–Crippen LogP) is 3.99. The molecule has 114 valence electrons. The Hall–Kier alpha value is -2.29. The van der Waals surface area contributed by atoms with E-state index in [2.05, 4.69) is 0 Å². The van der Waals surface area contributed by atoms with Crippen LogP contribution in [0.3, 0.4) is 0 Å². The van der Waals surface area contributed by atoms with Crippen molar-refractivity contribution in [1.82, 2.24) is 4.90 Å². The highest BCUT2D eigenvalue weighted by Crippen LogP contribution is 2.33. The number of ether oxygens (including phenoxy) is 1. The third-order valence-electron chi connectivity index (χ3n) is 4.12. The molecule has 2 aromatic carbocycles. The molecule has 0 bridgehead atoms. The van der Waals surface area contributed by atoms with Gasteiger partial charge < -0.3 is 9.64 Å². The van der Waals surface area contributed by atoms with Crippen LogP contribution in [-0.4, -0.2) is 30.5 Å². The molecule has 1 saturated carbocycles. The van der Waals surface area contributed by atoms with E-state index in [1.807, 2.05) is 60.4 Å². The van der Waals surface area contributed by atoms with Gasteiger partial charge in [-0.15, -0.1) is 0 Å². The summed E-state index contributed by atoms with van der Waals surface area (Å²) in [5, 5.41) is 0. The van der Waals surface area contributed by atoms with E-state index in [1.165, 1.54) is 0 Å². The lowest BCUT2D eigenvalue weighted by atomic mass is 10.0. The number of methoxy groups -OCH3 is 1. The van der Waals surface area contributed by atoms with Crippen molar-refractivity contribution in [3.8, 4) is 16.9 Å². The summed E-state index contributed by atoms with van der Waals surface area (Å²) in [6, 6.07) is 16.2. The smallest absolute Gasteiger partial charge is 0.254 e. The number of hydrogen-bond acceptors (Lipinski definition) is 2. The lowest BCUT2D eigenvalue weighted by Gasteiger charge is -2.21. The number of benzene rings is 2. The van der Waals surface area contributed by atoms with Gasteiger partial charge in [-0.3, -0.25) is 4.79 Å². The number of carbonyl (C=O) groups is 1. The monoisotopic (exact) mass is 295 g/mol. The summed E-state index contributed by atoms with van der Waals surface area (Å²) in [6.07, 6.45) is 2.25. The highest BCUT2D eigenvalue weighted by atomic mass is 16.5. The van der Waals surface area contributed by atoms with Gasteiger partial charge in [0.1, 0.15) is 5.75 Å². The van der Waals surface area contributed by atoms with E-state index in [1.54, 1.807) is 7.11 Å². The fraction of sp³-hybridized carbons (Fsp3) is 0.316. The Labute approximate surface area is 131 Å². The Morgan fingerprint density at radius 1 is 1.18 bits per heavy atom. The van der Waals surface area contributed by atoms with Gasteiger partial charge in [-0.1, -0.05) is 30.3 Å². The van der Waals surface area contributed by atoms with Gasteiger partial charge in [0.15, 0.2) is 0 Å². The molecule has 0 atom stereocenters. The molecule has 1 fully saturated rings. The van der Waals surface area contributed by atoms with Crippen LogP contribution < -0.4 is 4.74 Å². The summed E-state index contributed by atoms with van der Waals surface area (Å²) in [4.78, 5) is 14.7. The average molecular weight is 295 g/mol. The van der Waals surface area contributed by atoms with Gasteiger partial charge in [0.05, 0.1) is 7.11 Å². The molecule has 0 unspecified atom stereocenters. The van der Waals surface area contributed by atoms with E-state index < -0.39 is 0 Å². The maximum Gasteiger partial charge on any atom is 0.254 e. The minimum absolute atomic E-state index is 0.116. The second kappa shape index (κ2) is 6.22. The molecule has 3 nitrogen and oxygen atoms in total. The topological polar surface area (TPSA) is 29.5 Å². The molecule has 0 radical (unpaired) electrons. The Morgan fingerprint density at radius 2 is 1.91 bits per heavy atom. The first kappa shape index (κ1) is 14.6. The van der Waals surface area contributed by atoms with E-state index in [4.69, 9.17) is 4.74 Å². The molecule has 22 heavy (non-hydrogen) atoms. The fourth-order valence-electron chi connectivity index (χ4n) is 2.80. The second-order valence-corrected chi connectivity index (χ2v) is 5.60. The third kappa shape index (κ3) is 2.84. The number of carbonyl (C=O) groups excluding carboxylic acids is 1. The van der Waals surface area contributed by atoms with Gasteiger partial charge >= 0.3 is 0 Å². The molecule has 0 aliphatic heterocycles. The van der Waals surface area contributed by atoms with Crippen molar-refractivity contribution in [3.05, 3.63) is 54.1 Å². The molecule has 0 aromatic heterocycles. The van der Waals surface area contributed by atoms with Crippen molar-refractivity contribution in [1.29, 1.82) is 0 Å². The van der Waals surface area contributed by atoms with Crippen LogP contribution in [0.4, 0.5) is 0 Å². The van der Waals surface area contributed by atoms with Crippen LogP contribution in [0.25, 0.3) is 11.1 Å². The maximum atomic E-state index is 12.7. The largest absolute Gasteiger partial charge is 0.496 e. The van der Waals surface area contributed by atoms with Gasteiger partial charge in [0.25, 0.3) is 5.91 Å². The SMILES string of the molecule is CCN(C(=O)c1ccc(OC)c(-c2ccccc2)c1)C1CC1. The number of nitrogens with zero attached hydrogens (tertiary/aromatic N) is 1. The van der Waals surface area contributed by atoms with Crippen LogP contribution in [0.15, 0.2) is 48.5 Å². The Morgan fingerprint density at radius 3 is 2.50 bits per heavy atom. The number of amides is 1. The van der Waals surface area contributed by atoms with Crippen LogP contribution in [0.5, 0.6) is 5.75 Å². The molecule has 3 heteroatoms. The summed E-state index contributed by atoms with van der Waals surface area (Å²) in [6.45, 7) is 2.80. The maximum absolute atomic E-state index is 12.7. The standard InChI is InChI=1S/C19H21NO2/c1-3-20(16-10-11-16)19(21)15-9-12-18(22-2)17(13-15)14-7-5-4-6-8-14/h4-9,12-13,16H,3,10-11H2,1-2H3. The van der Waals surface area contributed by atoms with E-state index in [-0.39, 0.29) is 5.91 Å². The van der Waals surface area contributed by atoms with Crippen molar-refractivity contribution in [3.63, 3.8) is 0 Å². The molecule has 1 aliphatic carbocycles. The predicted molar refractivity (Wildman–Crippen MR) is 88.2 cm³/mol. The lowest BCUT2D eigenvalue weighted by molar-refractivity contribution is 0.0752. The van der Waals surface area contributed by atoms with Gasteiger partial charge in [-0.2, -0.15) is 0 Å². The van der Waals surface area contributed by atoms with Gasteiger partial charge in [0.2, 0.25) is 0 Å². The summed E-state index contributed by atoms with van der Waals surface area (Å²) >= 11 is 0. The molecule has 2 aromatic rings. The number of hydrogen-bond donors (Lipinski definition) is 0. The normalized spacial score (nSPS) is 13.7. The molecule has 0 spiro atoms. The van der Waals surface area contributed by atoms with Gasteiger partial charge in [0, 0.05) is 23.7 Å². The molecule has 0 heterocycles. The third-order valence-corrected chi connectivity index (χ3v) is 4.12. The molecular weight excluding hydrogens is 274 g/mol. The van der Waals surface area contributed by atoms with E-state index in [0.29, 0.717) is 6.04 Å². The van der Waals surface area contributed by atoms with Crippen LogP contribution in [0.1, 0.15) is 30.1 Å². The minimum Gasteiger partial charge on any atom is -0.496 e. The van der Waals surface area contributed by atoms with Crippen molar-refractivity contribution in [2.24, 2.45) is 0 Å². The lowest BCUT2D eigenvalue weighted by Crippen LogP contribution is -2.32. The van der Waals surface area contributed by atoms with Gasteiger partial charge in [-0.25, -0.2) is 0 Å². The summed E-state index contributed by atoms with van der Waals surface area (Å²) in [7, 11) is 1.66. The first-order valence-electron chi connectivity index (χ1n) is 7.79. The van der Waals surface area contributed by atoms with Gasteiger partial charge in [-0.05, 0) is 43.5 Å². The van der Waals surface area contributed by atoms with Crippen molar-refractivity contribution in [2.75, 3.05) is 13.7 Å². The average Bonchev–Trinajstić information content (AvgIpc) is 3.40. The van der Waals surface area contributed by atoms with Crippen LogP contribution >= 0.6 is 0 Å². The van der Waals surface area contributed by atoms with Crippen molar-refractivity contribution >= 4 is 5.91 Å². The van der Waals surface area contributed by atoms with E-state index in [0.717, 1.165) is 41.8 Å². The number of rotatable bonds is 5.